The van der Waals surface area contributed by atoms with E-state index in [1.807, 2.05) is 31.2 Å². The highest BCUT2D eigenvalue weighted by Gasteiger charge is 2.19. The number of fused-ring (bicyclic) bond motifs is 1. The van der Waals surface area contributed by atoms with Crippen LogP contribution in [-0.2, 0) is 0 Å². The first-order valence-electron chi connectivity index (χ1n) is 8.26. The molecule has 0 aliphatic rings. The second-order valence-electron chi connectivity index (χ2n) is 6.10. The number of nitrogens with two attached hydrogens (primary N) is 1. The molecule has 0 saturated heterocycles. The monoisotopic (exact) mass is 433 g/mol. The van der Waals surface area contributed by atoms with Crippen LogP contribution in [0.15, 0.2) is 42.9 Å². The summed E-state index contributed by atoms with van der Waals surface area (Å²) in [5.41, 5.74) is 8.80. The van der Waals surface area contributed by atoms with Crippen LogP contribution in [-0.4, -0.2) is 24.6 Å². The van der Waals surface area contributed by atoms with Crippen molar-refractivity contribution in [3.05, 3.63) is 63.6 Å². The molecule has 28 heavy (non-hydrogen) atoms. The summed E-state index contributed by atoms with van der Waals surface area (Å²) >= 11 is 18.6. The van der Waals surface area contributed by atoms with Crippen molar-refractivity contribution in [3.8, 4) is 11.3 Å². The molecule has 3 N–H and O–H groups in total. The number of hydrogen-bond donors (Lipinski definition) is 2. The molecule has 7 nitrogen and oxygen atoms in total. The van der Waals surface area contributed by atoms with Crippen LogP contribution in [0.3, 0.4) is 0 Å². The van der Waals surface area contributed by atoms with Gasteiger partial charge in [-0.2, -0.15) is 5.10 Å². The number of nitrogens with one attached hydrogen (secondary N) is 1. The quantitative estimate of drug-likeness (QED) is 0.474. The predicted molar refractivity (Wildman–Crippen MR) is 112 cm³/mol. The predicted octanol–water partition coefficient (Wildman–Crippen LogP) is 4.90. The number of imidazole rings is 1. The lowest BCUT2D eigenvalue weighted by Crippen LogP contribution is -2.13. The number of anilines is 2. The molecule has 0 aliphatic carbocycles. The second kappa shape index (κ2) is 7.43. The average molecular weight is 435 g/mol. The largest absolute Gasteiger partial charge is 0.382 e. The maximum Gasteiger partial charge on any atom is 0.155 e. The maximum absolute atomic E-state index is 6.22. The fraction of sp³-hybridized carbons (Fsp3) is 0.111. The summed E-state index contributed by atoms with van der Waals surface area (Å²) in [6.45, 7) is 1.96. The number of nitrogen functional groups attached to an aromatic ring is 1. The summed E-state index contributed by atoms with van der Waals surface area (Å²) in [6, 6.07) is 9.12. The van der Waals surface area contributed by atoms with Crippen molar-refractivity contribution in [3.63, 3.8) is 0 Å². The Kier molecular flexibility index (Phi) is 4.97. The molecule has 0 fully saturated rings. The van der Waals surface area contributed by atoms with Crippen LogP contribution in [0.25, 0.3) is 16.9 Å². The lowest BCUT2D eigenvalue weighted by atomic mass is 10.0. The van der Waals surface area contributed by atoms with Crippen molar-refractivity contribution < 1.29 is 0 Å². The molecule has 1 atom stereocenters. The van der Waals surface area contributed by atoms with E-state index >= 15 is 0 Å². The van der Waals surface area contributed by atoms with E-state index in [9.17, 15) is 0 Å². The third kappa shape index (κ3) is 3.44. The Morgan fingerprint density at radius 2 is 1.93 bits per heavy atom. The third-order valence-electron chi connectivity index (χ3n) is 4.21. The van der Waals surface area contributed by atoms with E-state index in [4.69, 9.17) is 40.5 Å². The van der Waals surface area contributed by atoms with Gasteiger partial charge in [-0.3, -0.25) is 0 Å². The van der Waals surface area contributed by atoms with Crippen molar-refractivity contribution in [2.75, 3.05) is 11.1 Å². The highest BCUT2D eigenvalue weighted by molar-refractivity contribution is 6.35. The Morgan fingerprint density at radius 3 is 2.71 bits per heavy atom. The van der Waals surface area contributed by atoms with Crippen LogP contribution in [0.5, 0.6) is 0 Å². The van der Waals surface area contributed by atoms with Crippen molar-refractivity contribution >= 4 is 52.1 Å². The van der Waals surface area contributed by atoms with Crippen molar-refractivity contribution in [1.29, 1.82) is 0 Å². The van der Waals surface area contributed by atoms with Gasteiger partial charge in [-0.1, -0.05) is 46.9 Å². The van der Waals surface area contributed by atoms with Crippen molar-refractivity contribution in [2.24, 2.45) is 0 Å². The van der Waals surface area contributed by atoms with Gasteiger partial charge in [0.15, 0.2) is 16.6 Å². The first-order valence-corrected chi connectivity index (χ1v) is 9.40. The Bertz CT molecular complexity index is 1180. The van der Waals surface area contributed by atoms with Gasteiger partial charge in [0.25, 0.3) is 0 Å². The fourth-order valence-corrected chi connectivity index (χ4v) is 3.37. The molecule has 0 spiro atoms. The standard InChI is InChI=1S/C18H14Cl3N7/c1-9(26-18-15(21)17(22)24-8-25-18)12-6-14-23-7-13(20)28(14)27-16(12)10-3-2-4-11(19)5-10/h2-9H,1H3,(H3,22,24,25,26)/t9-/m0/s1. The first kappa shape index (κ1) is 18.7. The van der Waals surface area contributed by atoms with Crippen molar-refractivity contribution in [1.82, 2.24) is 24.6 Å². The van der Waals surface area contributed by atoms with E-state index in [-0.39, 0.29) is 16.9 Å². The van der Waals surface area contributed by atoms with Gasteiger partial charge in [0.05, 0.1) is 17.9 Å². The Labute approximate surface area is 175 Å². The Balaban J connectivity index is 1.84. The van der Waals surface area contributed by atoms with Gasteiger partial charge < -0.3 is 11.1 Å². The molecule has 0 bridgehead atoms. The van der Waals surface area contributed by atoms with E-state index in [1.54, 1.807) is 16.8 Å². The summed E-state index contributed by atoms with van der Waals surface area (Å²) in [5, 5.41) is 9.22. The van der Waals surface area contributed by atoms with Gasteiger partial charge >= 0.3 is 0 Å². The van der Waals surface area contributed by atoms with E-state index in [2.05, 4.69) is 25.4 Å². The summed E-state index contributed by atoms with van der Waals surface area (Å²) in [7, 11) is 0. The third-order valence-corrected chi connectivity index (χ3v) is 5.08. The Morgan fingerprint density at radius 1 is 1.11 bits per heavy atom. The normalized spacial score (nSPS) is 12.3. The molecule has 3 heterocycles. The van der Waals surface area contributed by atoms with Gasteiger partial charge in [-0.25, -0.2) is 19.5 Å². The molecule has 142 valence electrons. The topological polar surface area (TPSA) is 94.0 Å². The number of rotatable bonds is 4. The SMILES string of the molecule is C[C@H](Nc1ncnc(N)c1Cl)c1cc2ncc(Cl)n2nc1-c1cccc(Cl)c1. The lowest BCUT2D eigenvalue weighted by molar-refractivity contribution is 0.841. The first-order chi connectivity index (χ1) is 13.4. The summed E-state index contributed by atoms with van der Waals surface area (Å²) in [6.07, 6.45) is 2.90. The van der Waals surface area contributed by atoms with E-state index < -0.39 is 0 Å². The molecule has 0 amide bonds. The van der Waals surface area contributed by atoms with E-state index in [1.165, 1.54) is 6.33 Å². The lowest BCUT2D eigenvalue weighted by Gasteiger charge is -2.19. The minimum Gasteiger partial charge on any atom is -0.382 e. The van der Waals surface area contributed by atoms with Crippen LogP contribution in [0.2, 0.25) is 15.2 Å². The molecule has 3 aromatic heterocycles. The summed E-state index contributed by atoms with van der Waals surface area (Å²) in [4.78, 5) is 12.3. The van der Waals surface area contributed by atoms with Gasteiger partial charge in [0, 0.05) is 16.1 Å². The van der Waals surface area contributed by atoms with Crippen molar-refractivity contribution in [2.45, 2.75) is 13.0 Å². The van der Waals surface area contributed by atoms with Crippen LogP contribution in [0.1, 0.15) is 18.5 Å². The van der Waals surface area contributed by atoms with Gasteiger partial charge in [0.2, 0.25) is 0 Å². The van der Waals surface area contributed by atoms with Crippen LogP contribution in [0.4, 0.5) is 11.6 Å². The van der Waals surface area contributed by atoms with E-state index in [0.717, 1.165) is 11.1 Å². The molecule has 1 aromatic carbocycles. The number of hydrogen-bond acceptors (Lipinski definition) is 6. The zero-order chi connectivity index (χ0) is 19.8. The summed E-state index contributed by atoms with van der Waals surface area (Å²) < 4.78 is 1.57. The molecule has 0 radical (unpaired) electrons. The van der Waals surface area contributed by atoms with Gasteiger partial charge in [-0.15, -0.1) is 0 Å². The number of aromatic nitrogens is 5. The average Bonchev–Trinajstić information content (AvgIpc) is 3.04. The van der Waals surface area contributed by atoms with E-state index in [0.29, 0.717) is 27.3 Å². The van der Waals surface area contributed by atoms with Crippen LogP contribution < -0.4 is 11.1 Å². The molecule has 0 unspecified atom stereocenters. The van der Waals surface area contributed by atoms with Crippen LogP contribution >= 0.6 is 34.8 Å². The van der Waals surface area contributed by atoms with Gasteiger partial charge in [0.1, 0.15) is 17.2 Å². The minimum atomic E-state index is -0.228. The zero-order valence-corrected chi connectivity index (χ0v) is 16.8. The fourth-order valence-electron chi connectivity index (χ4n) is 2.86. The highest BCUT2D eigenvalue weighted by atomic mass is 35.5. The van der Waals surface area contributed by atoms with Crippen LogP contribution in [0, 0.1) is 0 Å². The molecule has 10 heteroatoms. The number of benzene rings is 1. The number of halogens is 3. The molecular weight excluding hydrogens is 421 g/mol. The number of nitrogens with zero attached hydrogens (tertiary/aromatic N) is 5. The maximum atomic E-state index is 6.22. The summed E-state index contributed by atoms with van der Waals surface area (Å²) in [5.74, 6) is 0.634. The smallest absolute Gasteiger partial charge is 0.155 e. The molecule has 0 aliphatic heterocycles. The zero-order valence-electron chi connectivity index (χ0n) is 14.6. The Hall–Kier alpha value is -2.61. The highest BCUT2D eigenvalue weighted by Crippen LogP contribution is 2.33. The molecular formula is C18H14Cl3N7. The van der Waals surface area contributed by atoms with Gasteiger partial charge in [-0.05, 0) is 25.1 Å². The molecule has 4 aromatic rings. The molecule has 4 rings (SSSR count). The minimum absolute atomic E-state index is 0.204. The molecule has 0 saturated carbocycles. The second-order valence-corrected chi connectivity index (χ2v) is 7.30.